The van der Waals surface area contributed by atoms with Crippen molar-refractivity contribution >= 4 is 16.9 Å². The van der Waals surface area contributed by atoms with Crippen molar-refractivity contribution in [1.29, 1.82) is 0 Å². The molecule has 0 bridgehead atoms. The summed E-state index contributed by atoms with van der Waals surface area (Å²) in [7, 11) is -0.0395. The van der Waals surface area contributed by atoms with Crippen LogP contribution in [-0.2, 0) is 27.2 Å². The summed E-state index contributed by atoms with van der Waals surface area (Å²) < 4.78 is 5.14. The molecule has 1 unspecified atom stereocenters. The van der Waals surface area contributed by atoms with Gasteiger partial charge in [-0.2, -0.15) is 0 Å². The van der Waals surface area contributed by atoms with Gasteiger partial charge in [-0.15, -0.1) is 0 Å². The molecule has 0 aliphatic rings. The second kappa shape index (κ2) is 8.59. The lowest BCUT2D eigenvalue weighted by atomic mass is 10.2. The molecule has 1 atom stereocenters. The SMILES string of the molecule is CC(=O)Oc1ccc([S+](Cc2ccccc2)Cc2ccc(O)cc2)cc1. The Bertz CT molecular complexity index is 843. The molecule has 0 aliphatic heterocycles. The van der Waals surface area contributed by atoms with Gasteiger partial charge in [0.25, 0.3) is 0 Å². The molecule has 1 N–H and O–H groups in total. The lowest BCUT2D eigenvalue weighted by molar-refractivity contribution is -0.131. The summed E-state index contributed by atoms with van der Waals surface area (Å²) in [6.07, 6.45) is 0. The van der Waals surface area contributed by atoms with Gasteiger partial charge >= 0.3 is 5.97 Å². The smallest absolute Gasteiger partial charge is 0.308 e. The third kappa shape index (κ3) is 5.14. The molecule has 0 radical (unpaired) electrons. The molecule has 0 spiro atoms. The van der Waals surface area contributed by atoms with Crippen LogP contribution in [0.25, 0.3) is 0 Å². The molecule has 0 saturated heterocycles. The minimum absolute atomic E-state index is 0.0395. The van der Waals surface area contributed by atoms with Gasteiger partial charge in [0.1, 0.15) is 23.0 Å². The van der Waals surface area contributed by atoms with Gasteiger partial charge in [0.05, 0.1) is 0 Å². The Morgan fingerprint density at radius 2 is 1.42 bits per heavy atom. The zero-order chi connectivity index (χ0) is 18.4. The van der Waals surface area contributed by atoms with Crippen molar-refractivity contribution in [2.45, 2.75) is 23.3 Å². The Labute approximate surface area is 156 Å². The second-order valence-electron chi connectivity index (χ2n) is 6.00. The van der Waals surface area contributed by atoms with E-state index in [1.807, 2.05) is 42.5 Å². The van der Waals surface area contributed by atoms with Gasteiger partial charge in [0.15, 0.2) is 4.90 Å². The monoisotopic (exact) mass is 365 g/mol. The summed E-state index contributed by atoms with van der Waals surface area (Å²) in [6, 6.07) is 25.6. The van der Waals surface area contributed by atoms with E-state index in [1.165, 1.54) is 22.9 Å². The van der Waals surface area contributed by atoms with Gasteiger partial charge in [-0.1, -0.05) is 42.5 Å². The van der Waals surface area contributed by atoms with Gasteiger partial charge in [0.2, 0.25) is 0 Å². The first-order valence-corrected chi connectivity index (χ1v) is 9.94. The third-order valence-corrected chi connectivity index (χ3v) is 6.18. The molecule has 4 heteroatoms. The van der Waals surface area contributed by atoms with Crippen LogP contribution in [0.15, 0.2) is 83.8 Å². The number of ether oxygens (including phenoxy) is 1. The van der Waals surface area contributed by atoms with Crippen LogP contribution in [0.3, 0.4) is 0 Å². The summed E-state index contributed by atoms with van der Waals surface area (Å²) in [4.78, 5) is 12.3. The number of carbonyl (C=O) groups excluding carboxylic acids is 1. The largest absolute Gasteiger partial charge is 0.508 e. The number of phenolic OH excluding ortho intramolecular Hbond substituents is 1. The average Bonchev–Trinajstić information content (AvgIpc) is 2.64. The number of rotatable bonds is 6. The number of benzene rings is 3. The standard InChI is InChI=1S/C22H20O3S/c1-17(23)25-21-11-13-22(14-12-21)26(15-18-5-3-2-4-6-18)16-19-7-9-20(24)10-8-19/h2-14H,15-16H2,1H3/p+1. The zero-order valence-electron chi connectivity index (χ0n) is 14.6. The van der Waals surface area contributed by atoms with Crippen LogP contribution in [0.1, 0.15) is 18.1 Å². The summed E-state index contributed by atoms with van der Waals surface area (Å²) in [5.41, 5.74) is 2.48. The number of carbonyl (C=O) groups is 1. The molecular weight excluding hydrogens is 344 g/mol. The van der Waals surface area contributed by atoms with Crippen molar-refractivity contribution in [1.82, 2.24) is 0 Å². The molecule has 0 aromatic heterocycles. The lowest BCUT2D eigenvalue weighted by Crippen LogP contribution is -2.10. The molecule has 0 heterocycles. The number of hydrogen-bond acceptors (Lipinski definition) is 3. The minimum atomic E-state index is -0.315. The fourth-order valence-corrected chi connectivity index (χ4v) is 4.80. The number of aromatic hydroxyl groups is 1. The van der Waals surface area contributed by atoms with Crippen LogP contribution >= 0.6 is 0 Å². The van der Waals surface area contributed by atoms with Gasteiger partial charge < -0.3 is 9.84 Å². The summed E-state index contributed by atoms with van der Waals surface area (Å²) in [6.45, 7) is 1.40. The fourth-order valence-electron chi connectivity index (χ4n) is 2.65. The van der Waals surface area contributed by atoms with Crippen LogP contribution < -0.4 is 4.74 Å². The Morgan fingerprint density at radius 1 is 0.846 bits per heavy atom. The van der Waals surface area contributed by atoms with E-state index in [-0.39, 0.29) is 22.6 Å². The maximum absolute atomic E-state index is 11.1. The van der Waals surface area contributed by atoms with E-state index < -0.39 is 0 Å². The van der Waals surface area contributed by atoms with Crippen molar-refractivity contribution in [3.05, 3.63) is 90.0 Å². The maximum Gasteiger partial charge on any atom is 0.308 e. The Kier molecular flexibility index (Phi) is 5.97. The Hall–Kier alpha value is -2.72. The third-order valence-electron chi connectivity index (χ3n) is 3.88. The Balaban J connectivity index is 1.84. The second-order valence-corrected chi connectivity index (χ2v) is 8.03. The molecule has 0 aliphatic carbocycles. The van der Waals surface area contributed by atoms with Crippen molar-refractivity contribution in [3.63, 3.8) is 0 Å². The average molecular weight is 365 g/mol. The van der Waals surface area contributed by atoms with E-state index >= 15 is 0 Å². The first-order chi connectivity index (χ1) is 12.6. The molecule has 132 valence electrons. The van der Waals surface area contributed by atoms with Crippen molar-refractivity contribution in [2.24, 2.45) is 0 Å². The quantitative estimate of drug-likeness (QED) is 0.391. The van der Waals surface area contributed by atoms with Crippen molar-refractivity contribution in [3.8, 4) is 11.5 Å². The Morgan fingerprint density at radius 3 is 2.00 bits per heavy atom. The number of phenols is 1. The predicted molar refractivity (Wildman–Crippen MR) is 105 cm³/mol. The molecule has 0 amide bonds. The zero-order valence-corrected chi connectivity index (χ0v) is 15.4. The summed E-state index contributed by atoms with van der Waals surface area (Å²) >= 11 is 0. The molecule has 26 heavy (non-hydrogen) atoms. The highest BCUT2D eigenvalue weighted by Gasteiger charge is 2.23. The van der Waals surface area contributed by atoms with E-state index in [1.54, 1.807) is 12.1 Å². The molecule has 3 aromatic rings. The van der Waals surface area contributed by atoms with E-state index in [9.17, 15) is 9.90 Å². The van der Waals surface area contributed by atoms with Gasteiger partial charge in [-0.3, -0.25) is 4.79 Å². The fraction of sp³-hybridized carbons (Fsp3) is 0.136. The number of hydrogen-bond donors (Lipinski definition) is 1. The van der Waals surface area contributed by atoms with Crippen LogP contribution in [0, 0.1) is 0 Å². The van der Waals surface area contributed by atoms with Gasteiger partial charge in [-0.05, 0) is 36.4 Å². The van der Waals surface area contributed by atoms with E-state index in [4.69, 9.17) is 4.74 Å². The first kappa shape index (κ1) is 18.1. The van der Waals surface area contributed by atoms with E-state index in [0.717, 1.165) is 11.5 Å². The van der Waals surface area contributed by atoms with E-state index in [0.29, 0.717) is 5.75 Å². The molecular formula is C22H21O3S+. The first-order valence-electron chi connectivity index (χ1n) is 8.38. The van der Waals surface area contributed by atoms with Crippen LogP contribution in [0.5, 0.6) is 11.5 Å². The highest BCUT2D eigenvalue weighted by atomic mass is 32.2. The molecule has 3 nitrogen and oxygen atoms in total. The van der Waals surface area contributed by atoms with E-state index in [2.05, 4.69) is 24.3 Å². The molecule has 3 aromatic carbocycles. The van der Waals surface area contributed by atoms with Crippen molar-refractivity contribution < 1.29 is 14.6 Å². The summed E-state index contributed by atoms with van der Waals surface area (Å²) in [5, 5.41) is 9.51. The van der Waals surface area contributed by atoms with Crippen LogP contribution in [-0.4, -0.2) is 11.1 Å². The van der Waals surface area contributed by atoms with Crippen LogP contribution in [0.2, 0.25) is 0 Å². The molecule has 0 saturated carbocycles. The number of esters is 1. The minimum Gasteiger partial charge on any atom is -0.508 e. The molecule has 3 rings (SSSR count). The van der Waals surface area contributed by atoms with Gasteiger partial charge in [0, 0.05) is 28.9 Å². The van der Waals surface area contributed by atoms with Crippen molar-refractivity contribution in [2.75, 3.05) is 0 Å². The lowest BCUT2D eigenvalue weighted by Gasteiger charge is -2.10. The molecule has 0 fully saturated rings. The van der Waals surface area contributed by atoms with Gasteiger partial charge in [-0.25, -0.2) is 0 Å². The highest BCUT2D eigenvalue weighted by Crippen LogP contribution is 2.26. The summed E-state index contributed by atoms with van der Waals surface area (Å²) in [5.74, 6) is 2.36. The normalized spacial score (nSPS) is 11.7. The predicted octanol–water partition coefficient (Wildman–Crippen LogP) is 4.70. The maximum atomic E-state index is 11.1. The topological polar surface area (TPSA) is 46.5 Å². The van der Waals surface area contributed by atoms with Crippen LogP contribution in [0.4, 0.5) is 0 Å². The highest BCUT2D eigenvalue weighted by molar-refractivity contribution is 7.95.